The number of unbranched alkanes of at least 4 members (excludes halogenated alkanes) is 5. The van der Waals surface area contributed by atoms with E-state index >= 15 is 0 Å². The van der Waals surface area contributed by atoms with Gasteiger partial charge in [0, 0.05) is 35.6 Å². The van der Waals surface area contributed by atoms with Crippen molar-refractivity contribution in [1.29, 1.82) is 0 Å². The highest BCUT2D eigenvalue weighted by Gasteiger charge is 2.36. The van der Waals surface area contributed by atoms with E-state index in [1.54, 1.807) is 7.11 Å². The minimum Gasteiger partial charge on any atom is -0.748 e. The molecule has 3 rings (SSSR count). The van der Waals surface area contributed by atoms with Gasteiger partial charge in [-0.25, -0.2) is 8.42 Å². The molecule has 5 nitrogen and oxygen atoms in total. The van der Waals surface area contributed by atoms with Gasteiger partial charge in [-0.1, -0.05) is 69.4 Å². The van der Waals surface area contributed by atoms with Crippen LogP contribution >= 0.6 is 0 Å². The second-order valence-corrected chi connectivity index (χ2v) is 11.5. The maximum atomic E-state index is 10.2. The Bertz CT molecular complexity index is 864. The van der Waals surface area contributed by atoms with Gasteiger partial charge in [0.25, 0.3) is 0 Å². The molecule has 174 valence electrons. The van der Waals surface area contributed by atoms with E-state index in [0.29, 0.717) is 30.2 Å². The number of methoxy groups -OCH3 is 1. The molecular formula is C24H36O5S2. The van der Waals surface area contributed by atoms with Gasteiger partial charge in [-0.2, -0.15) is 0 Å². The van der Waals surface area contributed by atoms with Crippen molar-refractivity contribution in [1.82, 2.24) is 0 Å². The molecule has 1 heterocycles. The highest BCUT2D eigenvalue weighted by molar-refractivity contribution is 7.97. The van der Waals surface area contributed by atoms with Crippen LogP contribution in [0.1, 0.15) is 51.9 Å². The summed E-state index contributed by atoms with van der Waals surface area (Å²) in [6, 6.07) is 15.3. The molecule has 0 radical (unpaired) electrons. The molecule has 1 saturated heterocycles. The first kappa shape index (κ1) is 26.1. The molecule has 0 amide bonds. The van der Waals surface area contributed by atoms with Gasteiger partial charge in [0.1, 0.15) is 24.4 Å². The molecule has 2 unspecified atom stereocenters. The molecule has 2 aromatic rings. The maximum Gasteiger partial charge on any atom is 0.162 e. The van der Waals surface area contributed by atoms with Gasteiger partial charge in [0.15, 0.2) is 4.90 Å². The molecule has 7 heteroatoms. The second-order valence-electron chi connectivity index (χ2n) is 7.85. The predicted molar refractivity (Wildman–Crippen MR) is 129 cm³/mol. The van der Waals surface area contributed by atoms with Crippen molar-refractivity contribution < 1.29 is 22.4 Å². The van der Waals surface area contributed by atoms with Crippen LogP contribution < -0.4 is 0 Å². The summed E-state index contributed by atoms with van der Waals surface area (Å²) in [6.07, 6.45) is 7.47. The second kappa shape index (κ2) is 14.1. The van der Waals surface area contributed by atoms with Crippen LogP contribution in [0.4, 0.5) is 0 Å². The summed E-state index contributed by atoms with van der Waals surface area (Å²) in [5.74, 6) is 2.18. The lowest BCUT2D eigenvalue weighted by Gasteiger charge is -2.07. The molecule has 2 aromatic carbocycles. The van der Waals surface area contributed by atoms with Crippen LogP contribution in [-0.2, 0) is 30.5 Å². The standard InChI is InChI=1S/C16H19O2S.C8H18O3S/c1-17-12-18-14-9-10-19(11-14)16-8-4-6-13-5-2-3-7-15(13)16;1-2-3-4-5-6-7-8-12(9,10)11/h2-8,14H,9-12H2,1H3;2-8H2,1H3,(H,9,10,11)/q+1;/p-1. The van der Waals surface area contributed by atoms with Crippen molar-refractivity contribution in [3.8, 4) is 0 Å². The molecule has 31 heavy (non-hydrogen) atoms. The van der Waals surface area contributed by atoms with Crippen molar-refractivity contribution in [2.45, 2.75) is 62.9 Å². The van der Waals surface area contributed by atoms with Crippen LogP contribution in [0.3, 0.4) is 0 Å². The third-order valence-electron chi connectivity index (χ3n) is 5.30. The third kappa shape index (κ3) is 9.91. The SMILES string of the molecule is CCCCCCCCS(=O)(=O)[O-].COCOC1CC[S+](c2cccc3ccccc23)C1. The van der Waals surface area contributed by atoms with Crippen LogP contribution in [0.25, 0.3) is 10.8 Å². The Morgan fingerprint density at radius 3 is 2.48 bits per heavy atom. The van der Waals surface area contributed by atoms with Gasteiger partial charge in [-0.15, -0.1) is 0 Å². The molecule has 0 N–H and O–H groups in total. The van der Waals surface area contributed by atoms with Crippen molar-refractivity contribution in [2.24, 2.45) is 0 Å². The van der Waals surface area contributed by atoms with E-state index in [1.165, 1.54) is 34.3 Å². The Labute approximate surface area is 190 Å². The van der Waals surface area contributed by atoms with Gasteiger partial charge >= 0.3 is 0 Å². The number of ether oxygens (including phenoxy) is 2. The fourth-order valence-electron chi connectivity index (χ4n) is 3.67. The van der Waals surface area contributed by atoms with E-state index in [9.17, 15) is 13.0 Å². The number of benzene rings is 2. The van der Waals surface area contributed by atoms with Crippen LogP contribution in [-0.4, -0.2) is 50.2 Å². The number of hydrogen-bond acceptors (Lipinski definition) is 5. The average molecular weight is 469 g/mol. The smallest absolute Gasteiger partial charge is 0.162 e. The highest BCUT2D eigenvalue weighted by atomic mass is 32.2. The Morgan fingerprint density at radius 2 is 1.74 bits per heavy atom. The Morgan fingerprint density at radius 1 is 1.03 bits per heavy atom. The van der Waals surface area contributed by atoms with E-state index in [1.807, 2.05) is 0 Å². The summed E-state index contributed by atoms with van der Waals surface area (Å²) < 4.78 is 41.2. The number of rotatable bonds is 11. The fraction of sp³-hybridized carbons (Fsp3) is 0.583. The lowest BCUT2D eigenvalue weighted by Crippen LogP contribution is -2.16. The van der Waals surface area contributed by atoms with Gasteiger partial charge in [-0.05, 0) is 23.9 Å². The van der Waals surface area contributed by atoms with Crippen molar-refractivity contribution >= 4 is 31.8 Å². The zero-order valence-electron chi connectivity index (χ0n) is 18.8. The quantitative estimate of drug-likeness (QED) is 0.198. The maximum absolute atomic E-state index is 10.2. The molecule has 0 bridgehead atoms. The van der Waals surface area contributed by atoms with Gasteiger partial charge in [0.2, 0.25) is 0 Å². The summed E-state index contributed by atoms with van der Waals surface area (Å²) in [7, 11) is -1.97. The average Bonchev–Trinajstić information content (AvgIpc) is 3.23. The lowest BCUT2D eigenvalue weighted by atomic mass is 10.1. The first-order valence-electron chi connectivity index (χ1n) is 11.1. The minimum absolute atomic E-state index is 0.195. The van der Waals surface area contributed by atoms with E-state index < -0.39 is 10.1 Å². The van der Waals surface area contributed by atoms with Gasteiger partial charge in [-0.3, -0.25) is 0 Å². The summed E-state index contributed by atoms with van der Waals surface area (Å²) >= 11 is 0. The summed E-state index contributed by atoms with van der Waals surface area (Å²) in [4.78, 5) is 1.50. The summed E-state index contributed by atoms with van der Waals surface area (Å²) in [5, 5.41) is 2.74. The zero-order chi connectivity index (χ0) is 22.5. The molecule has 0 saturated carbocycles. The van der Waals surface area contributed by atoms with Crippen LogP contribution in [0, 0.1) is 0 Å². The molecule has 0 aliphatic carbocycles. The predicted octanol–water partition coefficient (Wildman–Crippen LogP) is 5.10. The van der Waals surface area contributed by atoms with E-state index in [0.717, 1.165) is 31.4 Å². The molecule has 0 spiro atoms. The summed E-state index contributed by atoms with van der Waals surface area (Å²) in [5.41, 5.74) is 0. The van der Waals surface area contributed by atoms with E-state index in [-0.39, 0.29) is 5.75 Å². The molecule has 1 aliphatic heterocycles. The Balaban J connectivity index is 0.000000248. The topological polar surface area (TPSA) is 75.7 Å². The van der Waals surface area contributed by atoms with Crippen molar-refractivity contribution in [3.63, 3.8) is 0 Å². The molecule has 0 aromatic heterocycles. The first-order valence-corrected chi connectivity index (χ1v) is 14.3. The van der Waals surface area contributed by atoms with Gasteiger partial charge < -0.3 is 14.0 Å². The molecular weight excluding hydrogens is 432 g/mol. The highest BCUT2D eigenvalue weighted by Crippen LogP contribution is 2.30. The number of fused-ring (bicyclic) bond motifs is 1. The fourth-order valence-corrected chi connectivity index (χ4v) is 6.82. The van der Waals surface area contributed by atoms with E-state index in [2.05, 4.69) is 49.4 Å². The minimum atomic E-state index is -3.97. The molecule has 2 atom stereocenters. The van der Waals surface area contributed by atoms with Crippen molar-refractivity contribution in [3.05, 3.63) is 42.5 Å². The molecule has 1 fully saturated rings. The Hall–Kier alpha value is -1.12. The third-order valence-corrected chi connectivity index (χ3v) is 8.57. The van der Waals surface area contributed by atoms with Crippen LogP contribution in [0.5, 0.6) is 0 Å². The lowest BCUT2D eigenvalue weighted by molar-refractivity contribution is -0.0621. The number of hydrogen-bond donors (Lipinski definition) is 0. The van der Waals surface area contributed by atoms with Crippen LogP contribution in [0.2, 0.25) is 0 Å². The zero-order valence-corrected chi connectivity index (χ0v) is 20.4. The monoisotopic (exact) mass is 468 g/mol. The summed E-state index contributed by atoms with van der Waals surface area (Å²) in [6.45, 7) is 2.54. The first-order chi connectivity index (χ1) is 14.9. The molecule has 1 aliphatic rings. The Kier molecular flexibility index (Phi) is 11.9. The normalized spacial score (nSPS) is 18.7. The van der Waals surface area contributed by atoms with E-state index in [4.69, 9.17) is 9.47 Å². The van der Waals surface area contributed by atoms with Crippen molar-refractivity contribution in [2.75, 3.05) is 31.2 Å². The largest absolute Gasteiger partial charge is 0.748 e. The van der Waals surface area contributed by atoms with Gasteiger partial charge in [0.05, 0.1) is 10.1 Å². The van der Waals surface area contributed by atoms with Crippen LogP contribution in [0.15, 0.2) is 47.4 Å².